The maximum atomic E-state index is 11.7. The summed E-state index contributed by atoms with van der Waals surface area (Å²) < 4.78 is 1.45. The first kappa shape index (κ1) is 21.0. The van der Waals surface area contributed by atoms with Crippen LogP contribution in [0.25, 0.3) is 0 Å². The van der Waals surface area contributed by atoms with Crippen molar-refractivity contribution in [2.24, 2.45) is 12.2 Å². The molecule has 0 aliphatic carbocycles. The molecule has 0 fully saturated rings. The average Bonchev–Trinajstić information content (AvgIpc) is 2.72. The van der Waals surface area contributed by atoms with Crippen molar-refractivity contribution in [3.8, 4) is 0 Å². The van der Waals surface area contributed by atoms with Gasteiger partial charge >= 0.3 is 5.97 Å². The number of nitrogens with zero attached hydrogens (tertiary/aromatic N) is 2. The molecule has 3 aromatic rings. The van der Waals surface area contributed by atoms with Crippen LogP contribution in [-0.4, -0.2) is 26.6 Å². The van der Waals surface area contributed by atoms with Crippen LogP contribution in [0.5, 0.6) is 0 Å². The van der Waals surface area contributed by atoms with Gasteiger partial charge in [0.1, 0.15) is 0 Å². The van der Waals surface area contributed by atoms with Crippen LogP contribution < -0.4 is 5.56 Å². The monoisotopic (exact) mass is 404 g/mol. The molecule has 154 valence electrons. The van der Waals surface area contributed by atoms with E-state index in [-0.39, 0.29) is 17.9 Å². The quantitative estimate of drug-likeness (QED) is 0.357. The van der Waals surface area contributed by atoms with E-state index in [4.69, 9.17) is 5.11 Å². The second-order valence-electron chi connectivity index (χ2n) is 7.34. The number of hydrogen-bond acceptors (Lipinski definition) is 4. The minimum Gasteiger partial charge on any atom is -0.481 e. The van der Waals surface area contributed by atoms with Gasteiger partial charge in [0.2, 0.25) is 5.56 Å². The van der Waals surface area contributed by atoms with E-state index in [2.05, 4.69) is 5.16 Å². The van der Waals surface area contributed by atoms with E-state index in [1.807, 2.05) is 55.5 Å². The third kappa shape index (κ3) is 4.84. The molecule has 1 heterocycles. The lowest BCUT2D eigenvalue weighted by molar-refractivity contribution is -0.136. The Hall–Kier alpha value is -3.67. The number of hydrogen-bond donors (Lipinski definition) is 2. The van der Waals surface area contributed by atoms with E-state index < -0.39 is 5.97 Å². The Bertz CT molecular complexity index is 1130. The van der Waals surface area contributed by atoms with E-state index >= 15 is 0 Å². The number of rotatable bonds is 7. The lowest BCUT2D eigenvalue weighted by atomic mass is 9.83. The smallest absolute Gasteiger partial charge is 0.307 e. The molecule has 0 bridgehead atoms. The molecule has 0 saturated heterocycles. The lowest BCUT2D eigenvalue weighted by Crippen LogP contribution is -2.18. The van der Waals surface area contributed by atoms with Gasteiger partial charge in [-0.25, -0.2) is 0 Å². The van der Waals surface area contributed by atoms with Gasteiger partial charge in [-0.2, -0.15) is 0 Å². The first-order chi connectivity index (χ1) is 14.4. The van der Waals surface area contributed by atoms with Crippen molar-refractivity contribution in [2.45, 2.75) is 25.7 Å². The van der Waals surface area contributed by atoms with Crippen molar-refractivity contribution in [3.05, 3.63) is 105 Å². The van der Waals surface area contributed by atoms with Gasteiger partial charge in [0.25, 0.3) is 0 Å². The lowest BCUT2D eigenvalue weighted by Gasteiger charge is -2.21. The fourth-order valence-electron chi connectivity index (χ4n) is 3.60. The summed E-state index contributed by atoms with van der Waals surface area (Å²) in [6, 6.07) is 18.6. The number of aliphatic carboxylic acids is 1. The minimum absolute atomic E-state index is 0.0310. The van der Waals surface area contributed by atoms with Crippen LogP contribution >= 0.6 is 0 Å². The van der Waals surface area contributed by atoms with Crippen molar-refractivity contribution in [3.63, 3.8) is 0 Å². The second kappa shape index (κ2) is 9.22. The zero-order chi connectivity index (χ0) is 21.7. The molecule has 0 aliphatic rings. The standard InChI is InChI=1S/C24H24N2O4/c1-16-5-3-4-6-20(16)21(18-9-7-17(8-10-18)13-24(28)29)14-22(25-30)19-11-12-23(27)26(2)15-19/h3-12,15,21,30H,13-14H2,1-2H3,(H,28,29)/b25-22+/t21-/m1/s1. The molecule has 2 aromatic carbocycles. The highest BCUT2D eigenvalue weighted by Gasteiger charge is 2.20. The molecular weight excluding hydrogens is 380 g/mol. The second-order valence-corrected chi connectivity index (χ2v) is 7.34. The molecule has 1 atom stereocenters. The zero-order valence-corrected chi connectivity index (χ0v) is 16.9. The first-order valence-corrected chi connectivity index (χ1v) is 9.63. The number of carboxylic acid groups (broad SMARTS) is 1. The molecule has 3 rings (SSSR count). The molecule has 0 unspecified atom stereocenters. The normalized spacial score (nSPS) is 12.5. The van der Waals surface area contributed by atoms with Crippen molar-refractivity contribution < 1.29 is 15.1 Å². The van der Waals surface area contributed by atoms with Crippen LogP contribution in [0.4, 0.5) is 0 Å². The van der Waals surface area contributed by atoms with Gasteiger partial charge in [0.15, 0.2) is 0 Å². The van der Waals surface area contributed by atoms with Crippen LogP contribution in [0.2, 0.25) is 0 Å². The van der Waals surface area contributed by atoms with Crippen molar-refractivity contribution in [1.29, 1.82) is 0 Å². The number of pyridine rings is 1. The summed E-state index contributed by atoms with van der Waals surface area (Å²) in [5.41, 5.74) is 4.91. The average molecular weight is 404 g/mol. The summed E-state index contributed by atoms with van der Waals surface area (Å²) in [4.78, 5) is 22.7. The van der Waals surface area contributed by atoms with Crippen LogP contribution in [0.15, 0.2) is 76.8 Å². The van der Waals surface area contributed by atoms with Gasteiger partial charge in [-0.05, 0) is 35.2 Å². The third-order valence-corrected chi connectivity index (χ3v) is 5.24. The summed E-state index contributed by atoms with van der Waals surface area (Å²) in [7, 11) is 1.65. The zero-order valence-electron chi connectivity index (χ0n) is 16.9. The highest BCUT2D eigenvalue weighted by atomic mass is 16.4. The predicted octanol–water partition coefficient (Wildman–Crippen LogP) is 3.72. The molecule has 0 saturated carbocycles. The van der Waals surface area contributed by atoms with Crippen LogP contribution in [0.3, 0.4) is 0 Å². The van der Waals surface area contributed by atoms with Crippen LogP contribution in [0.1, 0.15) is 40.2 Å². The van der Waals surface area contributed by atoms with Gasteiger partial charge in [-0.3, -0.25) is 9.59 Å². The summed E-state index contributed by atoms with van der Waals surface area (Å²) in [6.07, 6.45) is 2.04. The summed E-state index contributed by atoms with van der Waals surface area (Å²) in [5, 5.41) is 22.3. The molecule has 1 aromatic heterocycles. The van der Waals surface area contributed by atoms with E-state index in [1.54, 1.807) is 19.3 Å². The van der Waals surface area contributed by atoms with Crippen LogP contribution in [0, 0.1) is 6.92 Å². The van der Waals surface area contributed by atoms with Gasteiger partial charge in [-0.1, -0.05) is 53.7 Å². The molecule has 30 heavy (non-hydrogen) atoms. The Morgan fingerprint density at radius 3 is 2.37 bits per heavy atom. The van der Waals surface area contributed by atoms with E-state index in [1.165, 1.54) is 10.6 Å². The van der Waals surface area contributed by atoms with Gasteiger partial charge in [-0.15, -0.1) is 0 Å². The number of carboxylic acids is 1. The fraction of sp³-hybridized carbons (Fsp3) is 0.208. The number of aromatic nitrogens is 1. The molecule has 0 aliphatic heterocycles. The minimum atomic E-state index is -0.873. The van der Waals surface area contributed by atoms with E-state index in [0.29, 0.717) is 17.7 Å². The number of carbonyl (C=O) groups is 1. The summed E-state index contributed by atoms with van der Waals surface area (Å²) in [6.45, 7) is 2.03. The van der Waals surface area contributed by atoms with E-state index in [9.17, 15) is 14.8 Å². The van der Waals surface area contributed by atoms with Gasteiger partial charge in [0.05, 0.1) is 12.1 Å². The number of benzene rings is 2. The van der Waals surface area contributed by atoms with Gasteiger partial charge < -0.3 is 14.9 Å². The molecule has 2 N–H and O–H groups in total. The number of aryl methyl sites for hydroxylation is 2. The number of oxime groups is 1. The maximum Gasteiger partial charge on any atom is 0.307 e. The Labute approximate surface area is 174 Å². The van der Waals surface area contributed by atoms with Crippen molar-refractivity contribution in [1.82, 2.24) is 4.57 Å². The van der Waals surface area contributed by atoms with Crippen molar-refractivity contribution in [2.75, 3.05) is 0 Å². The SMILES string of the molecule is Cc1ccccc1[C@H](C/C(=N\O)c1ccc(=O)n(C)c1)c1ccc(CC(=O)O)cc1. The molecule has 6 heteroatoms. The van der Waals surface area contributed by atoms with E-state index in [0.717, 1.165) is 22.3 Å². The molecule has 0 radical (unpaired) electrons. The maximum absolute atomic E-state index is 11.7. The summed E-state index contributed by atoms with van der Waals surface area (Å²) >= 11 is 0. The first-order valence-electron chi connectivity index (χ1n) is 9.63. The Morgan fingerprint density at radius 2 is 1.77 bits per heavy atom. The van der Waals surface area contributed by atoms with Crippen LogP contribution in [-0.2, 0) is 18.3 Å². The Balaban J connectivity index is 2.01. The van der Waals surface area contributed by atoms with Crippen molar-refractivity contribution >= 4 is 11.7 Å². The molecular formula is C24H24N2O4. The Morgan fingerprint density at radius 1 is 1.07 bits per heavy atom. The largest absolute Gasteiger partial charge is 0.481 e. The molecule has 0 spiro atoms. The third-order valence-electron chi connectivity index (χ3n) is 5.24. The topological polar surface area (TPSA) is 91.9 Å². The highest BCUT2D eigenvalue weighted by Crippen LogP contribution is 2.32. The van der Waals surface area contributed by atoms with Gasteiger partial charge in [0, 0.05) is 37.2 Å². The summed E-state index contributed by atoms with van der Waals surface area (Å²) in [5.74, 6) is -0.976. The molecule has 0 amide bonds. The highest BCUT2D eigenvalue weighted by molar-refractivity contribution is 6.00. The molecule has 6 nitrogen and oxygen atoms in total. The predicted molar refractivity (Wildman–Crippen MR) is 115 cm³/mol. The fourth-order valence-corrected chi connectivity index (χ4v) is 3.60. The Kier molecular flexibility index (Phi) is 6.47.